The highest BCUT2D eigenvalue weighted by atomic mass is 16.4. The smallest absolute Gasteiger partial charge is 0.304 e. The van der Waals surface area contributed by atoms with E-state index >= 15 is 0 Å². The van der Waals surface area contributed by atoms with E-state index < -0.39 is 5.97 Å². The summed E-state index contributed by atoms with van der Waals surface area (Å²) in [5, 5.41) is 11.7. The maximum absolute atomic E-state index is 10.3. The van der Waals surface area contributed by atoms with Crippen molar-refractivity contribution in [2.75, 3.05) is 6.54 Å². The standard InChI is InChI=1S/C8H15NO2/c10-8(11)6-7-4-2-1-3-5-9-7/h7,9H,1-6H2,(H,10,11)/t7-/m1/s1. The molecule has 3 heteroatoms. The summed E-state index contributed by atoms with van der Waals surface area (Å²) in [4.78, 5) is 10.3. The molecular formula is C8H15NO2. The van der Waals surface area contributed by atoms with Crippen molar-refractivity contribution < 1.29 is 9.90 Å². The lowest BCUT2D eigenvalue weighted by Gasteiger charge is -2.11. The first-order chi connectivity index (χ1) is 5.29. The Morgan fingerprint density at radius 2 is 2.27 bits per heavy atom. The number of carbonyl (C=O) groups is 1. The normalized spacial score (nSPS) is 26.0. The van der Waals surface area contributed by atoms with E-state index in [1.807, 2.05) is 0 Å². The number of carboxylic acid groups (broad SMARTS) is 1. The molecule has 1 saturated heterocycles. The van der Waals surface area contributed by atoms with Gasteiger partial charge in [0.1, 0.15) is 0 Å². The van der Waals surface area contributed by atoms with Crippen molar-refractivity contribution >= 4 is 5.97 Å². The van der Waals surface area contributed by atoms with Gasteiger partial charge in [0.25, 0.3) is 0 Å². The van der Waals surface area contributed by atoms with E-state index in [0.717, 1.165) is 13.0 Å². The topological polar surface area (TPSA) is 49.3 Å². The molecule has 0 aromatic carbocycles. The number of carboxylic acids is 1. The molecule has 1 heterocycles. The van der Waals surface area contributed by atoms with Crippen molar-refractivity contribution in [2.45, 2.75) is 38.1 Å². The van der Waals surface area contributed by atoms with E-state index in [2.05, 4.69) is 5.32 Å². The second-order valence-electron chi connectivity index (χ2n) is 3.10. The SMILES string of the molecule is O=C(O)C[C@H]1CCCCCN1. The zero-order valence-corrected chi connectivity index (χ0v) is 6.68. The Kier molecular flexibility index (Phi) is 3.36. The third kappa shape index (κ3) is 3.37. The molecule has 3 nitrogen and oxygen atoms in total. The Bertz CT molecular complexity index is 128. The second kappa shape index (κ2) is 4.34. The van der Waals surface area contributed by atoms with Crippen LogP contribution in [0.15, 0.2) is 0 Å². The van der Waals surface area contributed by atoms with Crippen LogP contribution in [0.2, 0.25) is 0 Å². The average molecular weight is 157 g/mol. The van der Waals surface area contributed by atoms with Crippen LogP contribution in [0.4, 0.5) is 0 Å². The molecule has 0 amide bonds. The summed E-state index contributed by atoms with van der Waals surface area (Å²) in [5.74, 6) is -0.690. The predicted molar refractivity (Wildman–Crippen MR) is 42.5 cm³/mol. The molecule has 0 radical (unpaired) electrons. The van der Waals surface area contributed by atoms with Crippen molar-refractivity contribution in [2.24, 2.45) is 0 Å². The van der Waals surface area contributed by atoms with E-state index in [-0.39, 0.29) is 12.5 Å². The highest BCUT2D eigenvalue weighted by Crippen LogP contribution is 2.10. The van der Waals surface area contributed by atoms with E-state index in [4.69, 9.17) is 5.11 Å². The Labute approximate surface area is 66.8 Å². The minimum atomic E-state index is -0.690. The van der Waals surface area contributed by atoms with Gasteiger partial charge in [-0.1, -0.05) is 12.8 Å². The van der Waals surface area contributed by atoms with E-state index in [9.17, 15) is 4.79 Å². The summed E-state index contributed by atoms with van der Waals surface area (Å²) in [5.41, 5.74) is 0. The van der Waals surface area contributed by atoms with Crippen molar-refractivity contribution in [3.05, 3.63) is 0 Å². The quantitative estimate of drug-likeness (QED) is 0.628. The third-order valence-electron chi connectivity index (χ3n) is 2.08. The maximum Gasteiger partial charge on any atom is 0.304 e. The summed E-state index contributed by atoms with van der Waals surface area (Å²) in [6.07, 6.45) is 4.90. The van der Waals surface area contributed by atoms with E-state index in [1.165, 1.54) is 19.3 Å². The molecule has 0 aliphatic carbocycles. The molecule has 2 N–H and O–H groups in total. The van der Waals surface area contributed by atoms with Crippen LogP contribution in [0.25, 0.3) is 0 Å². The van der Waals surface area contributed by atoms with Gasteiger partial charge < -0.3 is 10.4 Å². The Morgan fingerprint density at radius 3 is 3.00 bits per heavy atom. The summed E-state index contributed by atoms with van der Waals surface area (Å²) in [7, 11) is 0. The first-order valence-electron chi connectivity index (χ1n) is 4.24. The summed E-state index contributed by atoms with van der Waals surface area (Å²) in [6.45, 7) is 0.984. The van der Waals surface area contributed by atoms with Gasteiger partial charge in [0.2, 0.25) is 0 Å². The van der Waals surface area contributed by atoms with Crippen molar-refractivity contribution in [3.8, 4) is 0 Å². The molecule has 1 rings (SSSR count). The van der Waals surface area contributed by atoms with Crippen LogP contribution in [-0.2, 0) is 4.79 Å². The van der Waals surface area contributed by atoms with Gasteiger partial charge in [0.15, 0.2) is 0 Å². The molecule has 0 spiro atoms. The molecule has 0 saturated carbocycles. The molecular weight excluding hydrogens is 142 g/mol. The number of rotatable bonds is 2. The third-order valence-corrected chi connectivity index (χ3v) is 2.08. The second-order valence-corrected chi connectivity index (χ2v) is 3.10. The number of hydrogen-bond donors (Lipinski definition) is 2. The van der Waals surface area contributed by atoms with Crippen molar-refractivity contribution in [3.63, 3.8) is 0 Å². The van der Waals surface area contributed by atoms with Crippen molar-refractivity contribution in [1.29, 1.82) is 0 Å². The lowest BCUT2D eigenvalue weighted by atomic mass is 10.1. The Balaban J connectivity index is 2.25. The first-order valence-corrected chi connectivity index (χ1v) is 4.24. The van der Waals surface area contributed by atoms with Crippen LogP contribution in [-0.4, -0.2) is 23.7 Å². The van der Waals surface area contributed by atoms with E-state index in [1.54, 1.807) is 0 Å². The van der Waals surface area contributed by atoms with Crippen molar-refractivity contribution in [1.82, 2.24) is 5.32 Å². The fraction of sp³-hybridized carbons (Fsp3) is 0.875. The van der Waals surface area contributed by atoms with Gasteiger partial charge in [0, 0.05) is 6.04 Å². The maximum atomic E-state index is 10.3. The van der Waals surface area contributed by atoms with Gasteiger partial charge in [-0.3, -0.25) is 4.79 Å². The Morgan fingerprint density at radius 1 is 1.45 bits per heavy atom. The van der Waals surface area contributed by atoms with Gasteiger partial charge in [-0.2, -0.15) is 0 Å². The molecule has 0 aromatic rings. The fourth-order valence-electron chi connectivity index (χ4n) is 1.49. The number of nitrogens with one attached hydrogen (secondary N) is 1. The predicted octanol–water partition coefficient (Wildman–Crippen LogP) is 0.993. The minimum Gasteiger partial charge on any atom is -0.481 e. The number of hydrogen-bond acceptors (Lipinski definition) is 2. The largest absolute Gasteiger partial charge is 0.481 e. The molecule has 1 fully saturated rings. The first kappa shape index (κ1) is 8.53. The molecule has 1 atom stereocenters. The molecule has 1 aliphatic rings. The highest BCUT2D eigenvalue weighted by molar-refractivity contribution is 5.67. The minimum absolute atomic E-state index is 0.218. The summed E-state index contributed by atoms with van der Waals surface area (Å²) in [6, 6.07) is 0.218. The van der Waals surface area contributed by atoms with Gasteiger partial charge in [-0.25, -0.2) is 0 Å². The monoisotopic (exact) mass is 157 g/mol. The highest BCUT2D eigenvalue weighted by Gasteiger charge is 2.13. The molecule has 11 heavy (non-hydrogen) atoms. The molecule has 0 aromatic heterocycles. The van der Waals surface area contributed by atoms with Crippen LogP contribution >= 0.6 is 0 Å². The molecule has 0 bridgehead atoms. The molecule has 64 valence electrons. The Hall–Kier alpha value is -0.570. The van der Waals surface area contributed by atoms with Gasteiger partial charge in [-0.05, 0) is 19.4 Å². The van der Waals surface area contributed by atoms with E-state index in [0.29, 0.717) is 0 Å². The zero-order valence-electron chi connectivity index (χ0n) is 6.68. The number of aliphatic carboxylic acids is 1. The van der Waals surface area contributed by atoms with Crippen LogP contribution < -0.4 is 5.32 Å². The summed E-state index contributed by atoms with van der Waals surface area (Å²) < 4.78 is 0. The molecule has 1 aliphatic heterocycles. The molecule has 0 unspecified atom stereocenters. The van der Waals surface area contributed by atoms with Gasteiger partial charge >= 0.3 is 5.97 Å². The van der Waals surface area contributed by atoms with Gasteiger partial charge in [-0.15, -0.1) is 0 Å². The average Bonchev–Trinajstić information content (AvgIpc) is 2.14. The van der Waals surface area contributed by atoms with Crippen LogP contribution in [0.1, 0.15) is 32.1 Å². The fourth-order valence-corrected chi connectivity index (χ4v) is 1.49. The lowest BCUT2D eigenvalue weighted by Crippen LogP contribution is -2.30. The van der Waals surface area contributed by atoms with Gasteiger partial charge in [0.05, 0.1) is 6.42 Å². The summed E-state index contributed by atoms with van der Waals surface area (Å²) >= 11 is 0. The lowest BCUT2D eigenvalue weighted by molar-refractivity contribution is -0.137. The van der Waals surface area contributed by atoms with Crippen LogP contribution in [0.5, 0.6) is 0 Å². The zero-order chi connectivity index (χ0) is 8.10. The van der Waals surface area contributed by atoms with Crippen LogP contribution in [0.3, 0.4) is 0 Å². The van der Waals surface area contributed by atoms with Crippen LogP contribution in [0, 0.1) is 0 Å².